The van der Waals surface area contributed by atoms with Crippen molar-refractivity contribution in [1.82, 2.24) is 10.4 Å². The Morgan fingerprint density at radius 3 is 2.31 bits per heavy atom. The van der Waals surface area contributed by atoms with Crippen LogP contribution in [0.5, 0.6) is 0 Å². The van der Waals surface area contributed by atoms with Crippen molar-refractivity contribution in [2.75, 3.05) is 18.9 Å². The van der Waals surface area contributed by atoms with Gasteiger partial charge in [-0.1, -0.05) is 73.2 Å². The summed E-state index contributed by atoms with van der Waals surface area (Å²) in [5, 5.41) is 32.1. The largest absolute Gasteiger partial charge is 0.392 e. The molecule has 3 aromatic carbocycles. The van der Waals surface area contributed by atoms with E-state index in [0.29, 0.717) is 44.3 Å². The topological polar surface area (TPSA) is 141 Å². The van der Waals surface area contributed by atoms with E-state index in [1.807, 2.05) is 92.8 Å². The molecule has 10 heteroatoms. The molecule has 4 rings (SSSR count). The van der Waals surface area contributed by atoms with Gasteiger partial charge in [-0.05, 0) is 55.6 Å². The average Bonchev–Trinajstić information content (AvgIpc) is 3.07. The van der Waals surface area contributed by atoms with Crippen molar-refractivity contribution in [3.05, 3.63) is 101 Å². The highest BCUT2D eigenvalue weighted by Crippen LogP contribution is 2.39. The molecule has 0 unspecified atom stereocenters. The maximum absolute atomic E-state index is 12.6. The quantitative estimate of drug-likeness (QED) is 0.0892. The number of aliphatic hydroxyl groups excluding tert-OH is 2. The van der Waals surface area contributed by atoms with E-state index in [2.05, 4.69) is 10.2 Å². The number of aliphatic hydroxyl groups is 2. The lowest BCUT2D eigenvalue weighted by Gasteiger charge is -2.39. The number of hydrogen-bond donors (Lipinski definition) is 5. The molecule has 1 fully saturated rings. The molecule has 0 bridgehead atoms. The van der Waals surface area contributed by atoms with Crippen molar-refractivity contribution >= 4 is 17.5 Å². The Morgan fingerprint density at radius 1 is 0.911 bits per heavy atom. The smallest absolute Gasteiger partial charge is 0.243 e. The molecule has 0 spiro atoms. The standard InChI is InChI=1S/C35H45N3O7/c1-24(34(42)27-10-5-3-6-11-27)38(2)22-30-21-31(26-18-16-25(23-39)17-19-26)45-35(44-30)28-12-9-13-29(20-28)36-32(40)14-7-4-8-15-33(41)37-43/h3,5-6,9-13,16-20,24,30-31,34-35,39,42-43H,4,7-8,14-15,21-23H2,1-2H3,(H,36,40)(H,37,41)/t24-,30-,31+,34-,35+/m1/s1. The van der Waals surface area contributed by atoms with Crippen LogP contribution in [0.2, 0.25) is 0 Å². The Labute approximate surface area is 264 Å². The minimum atomic E-state index is -0.691. The fourth-order valence-corrected chi connectivity index (χ4v) is 5.48. The van der Waals surface area contributed by atoms with Crippen LogP contribution >= 0.6 is 0 Å². The number of rotatable bonds is 15. The van der Waals surface area contributed by atoms with Crippen LogP contribution in [0.15, 0.2) is 78.9 Å². The Balaban J connectivity index is 1.44. The summed E-state index contributed by atoms with van der Waals surface area (Å²) in [6, 6.07) is 24.6. The van der Waals surface area contributed by atoms with Crippen molar-refractivity contribution in [2.45, 2.75) is 82.7 Å². The van der Waals surface area contributed by atoms with Crippen molar-refractivity contribution in [2.24, 2.45) is 0 Å². The predicted molar refractivity (Wildman–Crippen MR) is 170 cm³/mol. The molecule has 242 valence electrons. The number of unbranched alkanes of at least 4 members (excludes halogenated alkanes) is 2. The molecule has 5 atom stereocenters. The highest BCUT2D eigenvalue weighted by molar-refractivity contribution is 5.90. The van der Waals surface area contributed by atoms with Gasteiger partial charge in [0.25, 0.3) is 0 Å². The van der Waals surface area contributed by atoms with Gasteiger partial charge in [-0.2, -0.15) is 0 Å². The number of carbonyl (C=O) groups excluding carboxylic acids is 2. The maximum atomic E-state index is 12.6. The number of hydroxylamine groups is 1. The maximum Gasteiger partial charge on any atom is 0.243 e. The molecule has 2 amide bonds. The molecular weight excluding hydrogens is 574 g/mol. The lowest BCUT2D eigenvalue weighted by atomic mass is 9.98. The van der Waals surface area contributed by atoms with Crippen LogP contribution in [0.4, 0.5) is 5.69 Å². The molecule has 5 N–H and O–H groups in total. The van der Waals surface area contributed by atoms with Gasteiger partial charge in [0, 0.05) is 43.1 Å². The second-order valence-corrected chi connectivity index (χ2v) is 11.7. The van der Waals surface area contributed by atoms with E-state index < -0.39 is 18.3 Å². The molecule has 45 heavy (non-hydrogen) atoms. The normalized spacial score (nSPS) is 19.6. The van der Waals surface area contributed by atoms with Crippen molar-refractivity contribution in [3.8, 4) is 0 Å². The number of likely N-dealkylation sites (N-methyl/N-ethyl adjacent to an activating group) is 1. The van der Waals surface area contributed by atoms with Gasteiger partial charge in [0.05, 0.1) is 24.9 Å². The summed E-state index contributed by atoms with van der Waals surface area (Å²) in [6.07, 6.45) is 1.22. The van der Waals surface area contributed by atoms with Crippen LogP contribution in [-0.4, -0.2) is 57.9 Å². The average molecular weight is 620 g/mol. The first-order valence-corrected chi connectivity index (χ1v) is 15.5. The van der Waals surface area contributed by atoms with Gasteiger partial charge in [0.1, 0.15) is 0 Å². The highest BCUT2D eigenvalue weighted by atomic mass is 16.7. The number of ether oxygens (including phenoxy) is 2. The van der Waals surface area contributed by atoms with Crippen LogP contribution in [0, 0.1) is 0 Å². The minimum absolute atomic E-state index is 0.0357. The van der Waals surface area contributed by atoms with Gasteiger partial charge in [0.2, 0.25) is 11.8 Å². The van der Waals surface area contributed by atoms with Gasteiger partial charge in [-0.25, -0.2) is 5.48 Å². The summed E-state index contributed by atoms with van der Waals surface area (Å²) in [7, 11) is 1.98. The molecule has 1 aliphatic heterocycles. The van der Waals surface area contributed by atoms with E-state index in [9.17, 15) is 19.8 Å². The Hall–Kier alpha value is -3.64. The van der Waals surface area contributed by atoms with Crippen LogP contribution in [0.1, 0.15) is 86.2 Å². The number of carbonyl (C=O) groups is 2. The number of anilines is 1. The molecule has 0 aromatic heterocycles. The van der Waals surface area contributed by atoms with Crippen LogP contribution in [0.25, 0.3) is 0 Å². The van der Waals surface area contributed by atoms with Gasteiger partial charge in [-0.3, -0.25) is 19.7 Å². The molecule has 10 nitrogen and oxygen atoms in total. The lowest BCUT2D eigenvalue weighted by molar-refractivity contribution is -0.253. The van der Waals surface area contributed by atoms with Gasteiger partial charge in [-0.15, -0.1) is 0 Å². The molecule has 1 heterocycles. The lowest BCUT2D eigenvalue weighted by Crippen LogP contribution is -2.43. The number of nitrogens with zero attached hydrogens (tertiary/aromatic N) is 1. The molecule has 0 saturated carbocycles. The van der Waals surface area contributed by atoms with E-state index >= 15 is 0 Å². The molecule has 1 aliphatic rings. The van der Waals surface area contributed by atoms with E-state index in [1.165, 1.54) is 0 Å². The van der Waals surface area contributed by atoms with Gasteiger partial charge in [0.15, 0.2) is 6.29 Å². The zero-order chi connectivity index (χ0) is 32.2. The number of nitrogens with one attached hydrogen (secondary N) is 2. The minimum Gasteiger partial charge on any atom is -0.392 e. The molecule has 3 aromatic rings. The zero-order valence-corrected chi connectivity index (χ0v) is 26.0. The summed E-state index contributed by atoms with van der Waals surface area (Å²) < 4.78 is 13.0. The van der Waals surface area contributed by atoms with Crippen molar-refractivity contribution in [1.29, 1.82) is 0 Å². The SMILES string of the molecule is C[C@H]([C@@H](O)c1ccccc1)N(C)C[C@H]1C[C@@H](c2ccc(CO)cc2)O[C@@H](c2cccc(NC(=O)CCCCCC(=O)NO)c2)O1. The molecule has 0 radical (unpaired) electrons. The third-order valence-corrected chi connectivity index (χ3v) is 8.27. The second-order valence-electron chi connectivity index (χ2n) is 11.7. The van der Waals surface area contributed by atoms with Crippen LogP contribution in [-0.2, 0) is 25.7 Å². The second kappa shape index (κ2) is 17.2. The summed E-state index contributed by atoms with van der Waals surface area (Å²) in [4.78, 5) is 25.8. The number of hydrogen-bond acceptors (Lipinski definition) is 8. The third kappa shape index (κ3) is 10.2. The summed E-state index contributed by atoms with van der Waals surface area (Å²) in [6.45, 7) is 2.52. The first kappa shape index (κ1) is 34.2. The van der Waals surface area contributed by atoms with Crippen molar-refractivity contribution < 1.29 is 34.5 Å². The van der Waals surface area contributed by atoms with E-state index in [4.69, 9.17) is 14.7 Å². The first-order chi connectivity index (χ1) is 21.8. The summed E-state index contributed by atoms with van der Waals surface area (Å²) in [5.41, 5.74) is 5.67. The van der Waals surface area contributed by atoms with E-state index in [-0.39, 0.29) is 37.2 Å². The van der Waals surface area contributed by atoms with Crippen LogP contribution < -0.4 is 10.8 Å². The predicted octanol–water partition coefficient (Wildman–Crippen LogP) is 5.17. The number of amides is 2. The first-order valence-electron chi connectivity index (χ1n) is 15.5. The van der Waals surface area contributed by atoms with Gasteiger partial charge < -0.3 is 25.0 Å². The zero-order valence-electron chi connectivity index (χ0n) is 26.0. The number of benzene rings is 3. The Morgan fingerprint density at radius 2 is 1.62 bits per heavy atom. The van der Waals surface area contributed by atoms with Crippen molar-refractivity contribution in [3.63, 3.8) is 0 Å². The van der Waals surface area contributed by atoms with Crippen LogP contribution in [0.3, 0.4) is 0 Å². The molecule has 0 aliphatic carbocycles. The summed E-state index contributed by atoms with van der Waals surface area (Å²) in [5.74, 6) is -0.558. The highest BCUT2D eigenvalue weighted by Gasteiger charge is 2.34. The fourth-order valence-electron chi connectivity index (χ4n) is 5.48. The monoisotopic (exact) mass is 619 g/mol. The molecule has 1 saturated heterocycles. The fraction of sp³-hybridized carbons (Fsp3) is 0.429. The van der Waals surface area contributed by atoms with E-state index in [0.717, 1.165) is 22.3 Å². The van der Waals surface area contributed by atoms with E-state index in [1.54, 1.807) is 5.48 Å². The Bertz CT molecular complexity index is 1350. The molecular formula is C35H45N3O7. The Kier molecular flexibility index (Phi) is 13.1. The summed E-state index contributed by atoms with van der Waals surface area (Å²) >= 11 is 0. The third-order valence-electron chi connectivity index (χ3n) is 8.27. The van der Waals surface area contributed by atoms with Gasteiger partial charge >= 0.3 is 0 Å².